The minimum Gasteiger partial charge on any atom is -0.484 e. The summed E-state index contributed by atoms with van der Waals surface area (Å²) in [7, 11) is 0. The molecule has 3 aliphatic rings. The molecule has 0 aliphatic carbocycles. The van der Waals surface area contributed by atoms with Crippen molar-refractivity contribution < 1.29 is 33.8 Å². The van der Waals surface area contributed by atoms with Gasteiger partial charge in [-0.2, -0.15) is 0 Å². The number of benzene rings is 2. The summed E-state index contributed by atoms with van der Waals surface area (Å²) >= 11 is 0. The lowest BCUT2D eigenvalue weighted by Gasteiger charge is -2.33. The van der Waals surface area contributed by atoms with Crippen molar-refractivity contribution in [1.82, 2.24) is 26.2 Å². The highest BCUT2D eigenvalue weighted by Gasteiger charge is 2.34. The molecule has 2 aromatic carbocycles. The Balaban J connectivity index is 1.56. The van der Waals surface area contributed by atoms with Crippen molar-refractivity contribution in [2.75, 3.05) is 19.7 Å². The number of piperidine rings is 1. The van der Waals surface area contributed by atoms with Crippen LogP contribution in [0.2, 0.25) is 0 Å². The molecule has 12 heteroatoms. The Morgan fingerprint density at radius 2 is 1.72 bits per heavy atom. The van der Waals surface area contributed by atoms with E-state index >= 15 is 0 Å². The van der Waals surface area contributed by atoms with Gasteiger partial charge in [0.25, 0.3) is 5.91 Å². The zero-order chi connectivity index (χ0) is 30.9. The molecule has 5 N–H and O–H groups in total. The van der Waals surface area contributed by atoms with Crippen LogP contribution in [0, 0.1) is 5.92 Å². The van der Waals surface area contributed by atoms with Crippen LogP contribution in [0.15, 0.2) is 54.6 Å². The first-order chi connectivity index (χ1) is 20.6. The van der Waals surface area contributed by atoms with Gasteiger partial charge in [0, 0.05) is 26.1 Å². The summed E-state index contributed by atoms with van der Waals surface area (Å²) in [4.78, 5) is 67.0. The Kier molecular flexibility index (Phi) is 10.7. The van der Waals surface area contributed by atoms with Crippen molar-refractivity contribution in [1.29, 1.82) is 0 Å². The number of nitrogens with zero attached hydrogens (tertiary/aromatic N) is 1. The van der Waals surface area contributed by atoms with E-state index in [0.717, 1.165) is 11.1 Å². The van der Waals surface area contributed by atoms with Crippen LogP contribution >= 0.6 is 0 Å². The third kappa shape index (κ3) is 8.77. The van der Waals surface area contributed by atoms with Crippen molar-refractivity contribution in [2.45, 2.75) is 63.9 Å². The number of aliphatic hydroxyl groups is 1. The lowest BCUT2D eigenvalue weighted by Crippen LogP contribution is -2.59. The fraction of sp³-hybridized carbons (Fsp3) is 0.452. The summed E-state index contributed by atoms with van der Waals surface area (Å²) < 4.78 is 5.70. The van der Waals surface area contributed by atoms with E-state index in [1.807, 2.05) is 30.3 Å². The fourth-order valence-electron chi connectivity index (χ4n) is 5.07. The van der Waals surface area contributed by atoms with Gasteiger partial charge in [0.2, 0.25) is 23.6 Å². The molecule has 3 heterocycles. The quantitative estimate of drug-likeness (QED) is 0.312. The van der Waals surface area contributed by atoms with Gasteiger partial charge in [-0.3, -0.25) is 24.0 Å². The highest BCUT2D eigenvalue weighted by molar-refractivity contribution is 5.94. The summed E-state index contributed by atoms with van der Waals surface area (Å²) in [5, 5.41) is 21.0. The minimum absolute atomic E-state index is 0.147. The van der Waals surface area contributed by atoms with E-state index in [1.54, 1.807) is 29.2 Å². The van der Waals surface area contributed by atoms with Gasteiger partial charge in [-0.15, -0.1) is 0 Å². The number of rotatable bonds is 4. The number of amides is 5. The number of carbonyl (C=O) groups excluding carboxylic acids is 5. The Hall–Kier alpha value is -4.45. The predicted molar refractivity (Wildman–Crippen MR) is 156 cm³/mol. The monoisotopic (exact) mass is 593 g/mol. The zero-order valence-electron chi connectivity index (χ0n) is 24.4. The van der Waals surface area contributed by atoms with E-state index in [4.69, 9.17) is 4.74 Å². The van der Waals surface area contributed by atoms with Crippen LogP contribution < -0.4 is 26.0 Å². The lowest BCUT2D eigenvalue weighted by atomic mass is 9.96. The van der Waals surface area contributed by atoms with Gasteiger partial charge in [-0.1, -0.05) is 42.5 Å². The Morgan fingerprint density at radius 1 is 1.00 bits per heavy atom. The molecule has 0 aromatic heterocycles. The normalized spacial score (nSPS) is 24.6. The van der Waals surface area contributed by atoms with Crippen molar-refractivity contribution in [3.63, 3.8) is 0 Å². The molecule has 3 aliphatic heterocycles. The van der Waals surface area contributed by atoms with Crippen LogP contribution in [0.25, 0.3) is 0 Å². The van der Waals surface area contributed by atoms with E-state index in [0.29, 0.717) is 25.1 Å². The molecule has 0 radical (unpaired) electrons. The van der Waals surface area contributed by atoms with Gasteiger partial charge < -0.3 is 36.0 Å². The summed E-state index contributed by atoms with van der Waals surface area (Å²) in [5.41, 5.74) is 1.62. The van der Waals surface area contributed by atoms with E-state index in [9.17, 15) is 29.1 Å². The van der Waals surface area contributed by atoms with Gasteiger partial charge in [0.15, 0.2) is 6.61 Å². The van der Waals surface area contributed by atoms with E-state index in [1.165, 1.54) is 13.8 Å². The maximum absolute atomic E-state index is 13.2. The average molecular weight is 594 g/mol. The van der Waals surface area contributed by atoms with E-state index < -0.39 is 53.8 Å². The highest BCUT2D eigenvalue weighted by atomic mass is 16.5. The molecule has 5 rings (SSSR count). The molecule has 12 nitrogen and oxygen atoms in total. The van der Waals surface area contributed by atoms with Crippen molar-refractivity contribution in [2.24, 2.45) is 5.92 Å². The zero-order valence-corrected chi connectivity index (χ0v) is 24.4. The number of nitrogens with one attached hydrogen (secondary N) is 4. The molecule has 2 aromatic rings. The fourth-order valence-corrected chi connectivity index (χ4v) is 5.07. The molecular weight excluding hydrogens is 554 g/mol. The first-order valence-corrected chi connectivity index (χ1v) is 14.5. The lowest BCUT2D eigenvalue weighted by molar-refractivity contribution is -0.140. The summed E-state index contributed by atoms with van der Waals surface area (Å²) in [6.45, 7) is 3.49. The first-order valence-electron chi connectivity index (χ1n) is 14.5. The molecule has 0 spiro atoms. The van der Waals surface area contributed by atoms with Gasteiger partial charge >= 0.3 is 0 Å². The molecule has 1 fully saturated rings. The maximum atomic E-state index is 13.2. The second kappa shape index (κ2) is 14.6. The van der Waals surface area contributed by atoms with Crippen LogP contribution in [-0.4, -0.2) is 83.5 Å². The Labute approximate surface area is 250 Å². The van der Waals surface area contributed by atoms with Gasteiger partial charge in [-0.05, 0) is 49.9 Å². The number of aliphatic hydroxyl groups excluding tert-OH is 1. The number of carbonyl (C=O) groups is 5. The number of ether oxygens (including phenoxy) is 1. The first kappa shape index (κ1) is 31.5. The third-order valence-corrected chi connectivity index (χ3v) is 7.63. The van der Waals surface area contributed by atoms with Crippen LogP contribution in [0.4, 0.5) is 0 Å². The average Bonchev–Trinajstić information content (AvgIpc) is 3.01. The minimum atomic E-state index is -1.33. The van der Waals surface area contributed by atoms with E-state index in [-0.39, 0.29) is 32.0 Å². The molecule has 43 heavy (non-hydrogen) atoms. The van der Waals surface area contributed by atoms with Crippen molar-refractivity contribution in [3.05, 3.63) is 65.7 Å². The topological polar surface area (TPSA) is 166 Å². The van der Waals surface area contributed by atoms with Crippen molar-refractivity contribution in [3.8, 4) is 5.75 Å². The number of hydrogen-bond acceptors (Lipinski definition) is 7. The second-order valence-electron chi connectivity index (χ2n) is 11.0. The van der Waals surface area contributed by atoms with Gasteiger partial charge in [0.1, 0.15) is 23.9 Å². The summed E-state index contributed by atoms with van der Waals surface area (Å²) in [6.07, 6.45) is -0.000786. The number of fused-ring (bicyclic) bond motifs is 13. The highest BCUT2D eigenvalue weighted by Crippen LogP contribution is 2.19. The molecule has 0 unspecified atom stereocenters. The van der Waals surface area contributed by atoms with Crippen LogP contribution in [-0.2, 0) is 36.9 Å². The second-order valence-corrected chi connectivity index (χ2v) is 11.0. The molecule has 5 amide bonds. The van der Waals surface area contributed by atoms with Crippen LogP contribution in [0.1, 0.15) is 37.8 Å². The molecule has 4 bridgehead atoms. The smallest absolute Gasteiger partial charge is 0.260 e. The summed E-state index contributed by atoms with van der Waals surface area (Å²) in [5.74, 6) is -2.64. The molecule has 5 atom stereocenters. The van der Waals surface area contributed by atoms with E-state index in [2.05, 4.69) is 21.3 Å². The van der Waals surface area contributed by atoms with Crippen LogP contribution in [0.3, 0.4) is 0 Å². The van der Waals surface area contributed by atoms with Gasteiger partial charge in [0.05, 0.1) is 12.0 Å². The molecular formula is C31H39N5O7. The largest absolute Gasteiger partial charge is 0.484 e. The van der Waals surface area contributed by atoms with Crippen molar-refractivity contribution >= 4 is 29.5 Å². The molecule has 230 valence electrons. The van der Waals surface area contributed by atoms with Gasteiger partial charge in [-0.25, -0.2) is 0 Å². The standard InChI is InChI=1S/C31H39N5O7/c1-19-28(39)34-25(30(41)32-16-22-7-4-3-5-8-22)15-21-10-12-24(13-11-21)43-18-26(38)36-14-6-9-23(17-36)29(40)35-27(20(2)37)31(42)33-19/h3-5,7-8,10-13,19-20,23,25,27,37H,6,9,14-18H2,1-2H3,(H,32,41)(H,33,42)(H,34,39)(H,35,40)/t19-,20+,23-,25-,27-/m0/s1. The SMILES string of the molecule is C[C@@H]1NC(=O)[C@H]([C@@H](C)O)NC(=O)[C@H]2CCCN(C2)C(=O)COc2ccc(cc2)C[C@@H](C(=O)NCc2ccccc2)NC1=O. The molecule has 1 saturated heterocycles. The summed E-state index contributed by atoms with van der Waals surface area (Å²) in [6, 6.07) is 12.8. The Morgan fingerprint density at radius 3 is 2.42 bits per heavy atom. The third-order valence-electron chi connectivity index (χ3n) is 7.63. The number of hydrogen-bond donors (Lipinski definition) is 5. The molecule has 0 saturated carbocycles. The van der Waals surface area contributed by atoms with Crippen LogP contribution in [0.5, 0.6) is 5.75 Å². The predicted octanol–water partition coefficient (Wildman–Crippen LogP) is 0.0316. The Bertz CT molecular complexity index is 1300. The maximum Gasteiger partial charge on any atom is 0.260 e.